The maximum Gasteiger partial charge on any atom is 0.0462 e. The quantitative estimate of drug-likeness (QED) is 0.143. The van der Waals surface area contributed by atoms with Crippen LogP contribution in [0.5, 0.6) is 0 Å². The van der Waals surface area contributed by atoms with Crippen molar-refractivity contribution in [2.24, 2.45) is 0 Å². The first kappa shape index (κ1) is 33.2. The van der Waals surface area contributed by atoms with Crippen LogP contribution in [0.3, 0.4) is 0 Å². The maximum absolute atomic E-state index is 2.47. The molecule has 0 heterocycles. The van der Waals surface area contributed by atoms with Crippen molar-refractivity contribution in [3.8, 4) is 22.3 Å². The molecule has 0 unspecified atom stereocenters. The number of fused-ring (bicyclic) bond motifs is 3. The Kier molecular flexibility index (Phi) is 9.05. The lowest BCUT2D eigenvalue weighted by atomic mass is 9.82. The normalized spacial score (nSPS) is 12.5. The number of para-hydroxylation sites is 2. The van der Waals surface area contributed by atoms with Crippen molar-refractivity contribution in [3.05, 3.63) is 203 Å². The highest BCUT2D eigenvalue weighted by Crippen LogP contribution is 2.37. The van der Waals surface area contributed by atoms with E-state index >= 15 is 0 Å². The number of nitrogens with zero attached hydrogens (tertiary/aromatic N) is 1. The van der Waals surface area contributed by atoms with E-state index in [0.29, 0.717) is 0 Å². The fourth-order valence-corrected chi connectivity index (χ4v) is 8.05. The van der Waals surface area contributed by atoms with Gasteiger partial charge in [-0.2, -0.15) is 0 Å². The molecule has 0 spiro atoms. The van der Waals surface area contributed by atoms with E-state index in [-0.39, 0.29) is 0 Å². The Morgan fingerprint density at radius 1 is 0.407 bits per heavy atom. The third-order valence-electron chi connectivity index (χ3n) is 10.6. The minimum absolute atomic E-state index is 1.03. The summed E-state index contributed by atoms with van der Waals surface area (Å²) in [5, 5.41) is 7.67. The fourth-order valence-electron chi connectivity index (χ4n) is 8.05. The lowest BCUT2D eigenvalue weighted by Crippen LogP contribution is -2.33. The maximum atomic E-state index is 2.47. The van der Waals surface area contributed by atoms with Gasteiger partial charge in [-0.15, -0.1) is 0 Å². The van der Waals surface area contributed by atoms with Crippen molar-refractivity contribution < 1.29 is 0 Å². The molecule has 0 saturated carbocycles. The first-order valence-electron chi connectivity index (χ1n) is 18.9. The van der Waals surface area contributed by atoms with Crippen LogP contribution < -0.4 is 15.3 Å². The van der Waals surface area contributed by atoms with Gasteiger partial charge in [-0.05, 0) is 139 Å². The highest BCUT2D eigenvalue weighted by atomic mass is 15.1. The summed E-state index contributed by atoms with van der Waals surface area (Å²) < 4.78 is 0. The third-order valence-corrected chi connectivity index (χ3v) is 10.6. The molecule has 1 aliphatic rings. The number of hydrogen-bond acceptors (Lipinski definition) is 1. The van der Waals surface area contributed by atoms with Gasteiger partial charge in [-0.1, -0.05) is 158 Å². The summed E-state index contributed by atoms with van der Waals surface area (Å²) in [6.07, 6.45) is 16.1. The largest absolute Gasteiger partial charge is 0.311 e. The van der Waals surface area contributed by atoms with Gasteiger partial charge in [0.2, 0.25) is 0 Å². The second kappa shape index (κ2) is 14.7. The molecule has 1 nitrogen and oxygen atoms in total. The predicted molar refractivity (Wildman–Crippen MR) is 235 cm³/mol. The van der Waals surface area contributed by atoms with Gasteiger partial charge in [-0.25, -0.2) is 0 Å². The van der Waals surface area contributed by atoms with Gasteiger partial charge in [0.05, 0.1) is 0 Å². The van der Waals surface area contributed by atoms with E-state index < -0.39 is 0 Å². The molecule has 1 heteroatoms. The van der Waals surface area contributed by atoms with Crippen LogP contribution in [0.15, 0.2) is 176 Å². The van der Waals surface area contributed by atoms with Crippen molar-refractivity contribution in [3.63, 3.8) is 0 Å². The zero-order chi connectivity index (χ0) is 36.3. The SMILES string of the molecule is C/C=C\c1c(/C=C/c2ccc(N(c3ccccc3)c3ccccc3)cc2)c(-c2ccc3ccccc3c2)c2c(c1-c1ccc3ccccc3c1)=CCCC=2. The van der Waals surface area contributed by atoms with Crippen LogP contribution in [-0.2, 0) is 0 Å². The van der Waals surface area contributed by atoms with Gasteiger partial charge >= 0.3 is 0 Å². The Hall–Kier alpha value is -6.70. The van der Waals surface area contributed by atoms with Crippen LogP contribution in [0, 0.1) is 0 Å². The van der Waals surface area contributed by atoms with Gasteiger partial charge in [0.15, 0.2) is 0 Å². The first-order chi connectivity index (χ1) is 26.7. The van der Waals surface area contributed by atoms with Gasteiger partial charge in [0.1, 0.15) is 0 Å². The summed E-state index contributed by atoms with van der Waals surface area (Å²) in [6, 6.07) is 61.3. The number of allylic oxidation sites excluding steroid dienone is 1. The Balaban J connectivity index is 1.24. The van der Waals surface area contributed by atoms with Crippen LogP contribution in [0.25, 0.3) is 74.2 Å². The zero-order valence-electron chi connectivity index (χ0n) is 30.5. The molecule has 0 fully saturated rings. The molecule has 0 radical (unpaired) electrons. The molecule has 0 N–H and O–H groups in total. The molecule has 0 aliphatic heterocycles. The molecule has 54 heavy (non-hydrogen) atoms. The lowest BCUT2D eigenvalue weighted by Gasteiger charge is -2.25. The summed E-state index contributed by atoms with van der Waals surface area (Å²) in [6.45, 7) is 2.13. The van der Waals surface area contributed by atoms with Crippen LogP contribution in [-0.4, -0.2) is 0 Å². The minimum atomic E-state index is 1.03. The van der Waals surface area contributed by atoms with Gasteiger partial charge in [-0.3, -0.25) is 0 Å². The Bertz CT molecular complexity index is 2770. The van der Waals surface area contributed by atoms with Crippen molar-refractivity contribution in [2.75, 3.05) is 4.90 Å². The summed E-state index contributed by atoms with van der Waals surface area (Å²) in [7, 11) is 0. The van der Waals surface area contributed by atoms with Crippen LogP contribution in [0.2, 0.25) is 0 Å². The van der Waals surface area contributed by atoms with E-state index in [1.807, 2.05) is 0 Å². The average molecular weight is 692 g/mol. The summed E-state index contributed by atoms with van der Waals surface area (Å²) >= 11 is 0. The number of benzene rings is 8. The first-order valence-corrected chi connectivity index (χ1v) is 18.9. The lowest BCUT2D eigenvalue weighted by molar-refractivity contribution is 1.12. The van der Waals surface area contributed by atoms with Crippen LogP contribution in [0.1, 0.15) is 36.5 Å². The molecule has 8 aromatic carbocycles. The molecule has 0 saturated heterocycles. The van der Waals surface area contributed by atoms with Crippen molar-refractivity contribution in [2.45, 2.75) is 19.8 Å². The fraction of sp³-hybridized carbons (Fsp3) is 0.0566. The average Bonchev–Trinajstić information content (AvgIpc) is 3.24. The Morgan fingerprint density at radius 3 is 1.35 bits per heavy atom. The predicted octanol–water partition coefficient (Wildman–Crippen LogP) is 13.4. The Morgan fingerprint density at radius 2 is 0.852 bits per heavy atom. The molecule has 0 amide bonds. The molecule has 0 bridgehead atoms. The molecule has 1 aliphatic carbocycles. The van der Waals surface area contributed by atoms with E-state index in [1.54, 1.807) is 0 Å². The van der Waals surface area contributed by atoms with Gasteiger partial charge in [0.25, 0.3) is 0 Å². The zero-order valence-corrected chi connectivity index (χ0v) is 30.5. The number of anilines is 3. The molecule has 258 valence electrons. The Labute approximate surface area is 317 Å². The molecular weight excluding hydrogens is 651 g/mol. The topological polar surface area (TPSA) is 3.24 Å². The van der Waals surface area contributed by atoms with Crippen LogP contribution >= 0.6 is 0 Å². The molecule has 9 rings (SSSR count). The second-order valence-electron chi connectivity index (χ2n) is 13.9. The van der Waals surface area contributed by atoms with Crippen LogP contribution in [0.4, 0.5) is 17.1 Å². The molecule has 0 atom stereocenters. The number of hydrogen-bond donors (Lipinski definition) is 0. The van der Waals surface area contributed by atoms with E-state index in [2.05, 4.69) is 218 Å². The van der Waals surface area contributed by atoms with E-state index in [1.165, 1.54) is 65.4 Å². The van der Waals surface area contributed by atoms with E-state index in [0.717, 1.165) is 35.5 Å². The van der Waals surface area contributed by atoms with Crippen molar-refractivity contribution in [1.29, 1.82) is 0 Å². The summed E-state index contributed by atoms with van der Waals surface area (Å²) in [4.78, 5) is 2.31. The third kappa shape index (κ3) is 6.35. The second-order valence-corrected chi connectivity index (χ2v) is 13.9. The van der Waals surface area contributed by atoms with Gasteiger partial charge in [0, 0.05) is 17.1 Å². The molecular formula is C53H41N. The van der Waals surface area contributed by atoms with Crippen molar-refractivity contribution in [1.82, 2.24) is 0 Å². The minimum Gasteiger partial charge on any atom is -0.311 e. The summed E-state index contributed by atoms with van der Waals surface area (Å²) in [5.41, 5.74) is 12.1. The van der Waals surface area contributed by atoms with E-state index in [4.69, 9.17) is 0 Å². The molecule has 8 aromatic rings. The molecule has 0 aromatic heterocycles. The highest BCUT2D eigenvalue weighted by Gasteiger charge is 2.19. The van der Waals surface area contributed by atoms with Crippen molar-refractivity contribution >= 4 is 69.0 Å². The smallest absolute Gasteiger partial charge is 0.0462 e. The monoisotopic (exact) mass is 691 g/mol. The number of rotatable bonds is 8. The standard InChI is InChI=1S/C53H41N/c1-2-15-48-51(35-28-38-26-33-47(34-27-38)54(45-20-5-3-6-21-45)46-22-7-4-8-23-46)53(44-32-30-40-17-10-12-19-42(40)37-44)50-25-14-13-24-49(50)52(48)43-31-29-39-16-9-11-18-41(39)36-43/h2-12,15-37H,13-14H2,1H3/b15-2-,35-28+. The summed E-state index contributed by atoms with van der Waals surface area (Å²) in [5.74, 6) is 0. The van der Waals surface area contributed by atoms with E-state index in [9.17, 15) is 0 Å². The highest BCUT2D eigenvalue weighted by molar-refractivity contribution is 5.97. The van der Waals surface area contributed by atoms with Gasteiger partial charge < -0.3 is 4.90 Å².